The number of halogens is 2. The van der Waals surface area contributed by atoms with E-state index in [1.165, 1.54) is 0 Å². The van der Waals surface area contributed by atoms with E-state index in [0.29, 0.717) is 25.4 Å². The van der Waals surface area contributed by atoms with Crippen LogP contribution in [0.4, 0.5) is 4.39 Å². The Morgan fingerprint density at radius 3 is 2.50 bits per heavy atom. The highest BCUT2D eigenvalue weighted by atomic mass is 35.5. The molecule has 0 saturated carbocycles. The van der Waals surface area contributed by atoms with E-state index in [1.54, 1.807) is 4.90 Å². The van der Waals surface area contributed by atoms with Gasteiger partial charge in [-0.3, -0.25) is 9.18 Å². The predicted molar refractivity (Wildman–Crippen MR) is 55.2 cm³/mol. The fourth-order valence-corrected chi connectivity index (χ4v) is 1.83. The Morgan fingerprint density at radius 2 is 2.07 bits per heavy atom. The number of nitrogens with zero attached hydrogens (tertiary/aromatic N) is 1. The zero-order chi connectivity index (χ0) is 10.6. The lowest BCUT2D eigenvalue weighted by Crippen LogP contribution is -2.42. The van der Waals surface area contributed by atoms with E-state index in [0.717, 1.165) is 12.8 Å². The van der Waals surface area contributed by atoms with Crippen LogP contribution in [0.3, 0.4) is 0 Å². The van der Waals surface area contributed by atoms with Gasteiger partial charge in [0.2, 0.25) is 5.91 Å². The number of hydrogen-bond donors (Lipinski definition) is 0. The number of hydrogen-bond acceptors (Lipinski definition) is 1. The predicted octanol–water partition coefficient (Wildman–Crippen LogP) is 2.21. The van der Waals surface area contributed by atoms with E-state index in [-0.39, 0.29) is 18.0 Å². The molecule has 1 aliphatic heterocycles. The minimum atomic E-state index is -0.287. The summed E-state index contributed by atoms with van der Waals surface area (Å²) in [5.41, 5.74) is -0.211. The van der Waals surface area contributed by atoms with Crippen molar-refractivity contribution in [2.24, 2.45) is 5.41 Å². The molecule has 0 N–H and O–H groups in total. The van der Waals surface area contributed by atoms with Crippen LogP contribution >= 0.6 is 11.6 Å². The minimum absolute atomic E-state index is 0.0981. The summed E-state index contributed by atoms with van der Waals surface area (Å²) in [6, 6.07) is 0. The first-order valence-electron chi connectivity index (χ1n) is 5.01. The van der Waals surface area contributed by atoms with Gasteiger partial charge in [0.05, 0.1) is 6.67 Å². The van der Waals surface area contributed by atoms with Gasteiger partial charge in [-0.05, 0) is 18.3 Å². The van der Waals surface area contributed by atoms with Crippen LogP contribution in [0, 0.1) is 5.41 Å². The first kappa shape index (κ1) is 11.8. The minimum Gasteiger partial charge on any atom is -0.343 e. The molecular formula is C10H17ClFNO. The lowest BCUT2D eigenvalue weighted by atomic mass is 9.82. The standard InChI is InChI=1S/C10H17ClFNO/c1-10(8-12)3-6-13(7-4-10)9(14)2-5-11/h2-8H2,1H3. The van der Waals surface area contributed by atoms with Crippen molar-refractivity contribution >= 4 is 17.5 Å². The van der Waals surface area contributed by atoms with Crippen molar-refractivity contribution in [1.29, 1.82) is 0 Å². The molecule has 1 aliphatic rings. The lowest BCUT2D eigenvalue weighted by molar-refractivity contribution is -0.133. The van der Waals surface area contributed by atoms with Gasteiger partial charge in [-0.2, -0.15) is 0 Å². The van der Waals surface area contributed by atoms with Crippen LogP contribution in [0.1, 0.15) is 26.2 Å². The molecule has 0 unspecified atom stereocenters. The Kier molecular flexibility index (Phi) is 4.17. The Balaban J connectivity index is 2.39. The largest absolute Gasteiger partial charge is 0.343 e. The van der Waals surface area contributed by atoms with Crippen molar-refractivity contribution in [3.05, 3.63) is 0 Å². The summed E-state index contributed by atoms with van der Waals surface area (Å²) < 4.78 is 12.6. The maximum absolute atomic E-state index is 12.6. The van der Waals surface area contributed by atoms with Crippen LogP contribution in [0.2, 0.25) is 0 Å². The Bertz CT molecular complexity index is 202. The smallest absolute Gasteiger partial charge is 0.223 e. The molecule has 0 bridgehead atoms. The van der Waals surface area contributed by atoms with E-state index in [2.05, 4.69) is 0 Å². The molecular weight excluding hydrogens is 205 g/mol. The molecule has 0 atom stereocenters. The second kappa shape index (κ2) is 4.96. The molecule has 0 aromatic heterocycles. The molecule has 0 aromatic rings. The van der Waals surface area contributed by atoms with Gasteiger partial charge < -0.3 is 4.90 Å². The average molecular weight is 222 g/mol. The van der Waals surface area contributed by atoms with Gasteiger partial charge >= 0.3 is 0 Å². The highest BCUT2D eigenvalue weighted by molar-refractivity contribution is 6.18. The monoisotopic (exact) mass is 221 g/mol. The zero-order valence-corrected chi connectivity index (χ0v) is 9.32. The second-order valence-corrected chi connectivity index (χ2v) is 4.64. The van der Waals surface area contributed by atoms with E-state index in [9.17, 15) is 9.18 Å². The maximum Gasteiger partial charge on any atom is 0.223 e. The Hall–Kier alpha value is -0.310. The summed E-state index contributed by atoms with van der Waals surface area (Å²) in [5.74, 6) is 0.469. The van der Waals surface area contributed by atoms with Crippen LogP contribution < -0.4 is 0 Å². The van der Waals surface area contributed by atoms with Crippen molar-refractivity contribution < 1.29 is 9.18 Å². The highest BCUT2D eigenvalue weighted by Crippen LogP contribution is 2.31. The first-order valence-corrected chi connectivity index (χ1v) is 5.54. The quantitative estimate of drug-likeness (QED) is 0.670. The molecule has 1 heterocycles. The third-order valence-corrected chi connectivity index (χ3v) is 3.14. The van der Waals surface area contributed by atoms with Gasteiger partial charge in [0.1, 0.15) is 0 Å². The van der Waals surface area contributed by atoms with Crippen molar-refractivity contribution in [1.82, 2.24) is 4.90 Å². The molecule has 1 saturated heterocycles. The van der Waals surface area contributed by atoms with Gasteiger partial charge in [-0.1, -0.05) is 6.92 Å². The fourth-order valence-electron chi connectivity index (χ4n) is 1.67. The zero-order valence-electron chi connectivity index (χ0n) is 8.56. The second-order valence-electron chi connectivity index (χ2n) is 4.26. The molecule has 14 heavy (non-hydrogen) atoms. The van der Waals surface area contributed by atoms with Crippen LogP contribution in [0.25, 0.3) is 0 Å². The molecule has 4 heteroatoms. The summed E-state index contributed by atoms with van der Waals surface area (Å²) in [4.78, 5) is 13.2. The number of rotatable bonds is 3. The van der Waals surface area contributed by atoms with Crippen molar-refractivity contribution in [2.45, 2.75) is 26.2 Å². The van der Waals surface area contributed by atoms with Crippen molar-refractivity contribution in [3.8, 4) is 0 Å². The third kappa shape index (κ3) is 2.84. The average Bonchev–Trinajstić information content (AvgIpc) is 2.19. The normalized spacial score (nSPS) is 20.9. The van der Waals surface area contributed by atoms with Crippen LogP contribution in [-0.4, -0.2) is 36.5 Å². The molecule has 0 aromatic carbocycles. The van der Waals surface area contributed by atoms with Gasteiger partial charge in [-0.25, -0.2) is 0 Å². The highest BCUT2D eigenvalue weighted by Gasteiger charge is 2.31. The van der Waals surface area contributed by atoms with Crippen molar-refractivity contribution in [3.63, 3.8) is 0 Å². The van der Waals surface area contributed by atoms with E-state index < -0.39 is 0 Å². The molecule has 1 amide bonds. The van der Waals surface area contributed by atoms with Gasteiger partial charge in [0.25, 0.3) is 0 Å². The number of carbonyl (C=O) groups excluding carboxylic acids is 1. The van der Waals surface area contributed by atoms with Gasteiger partial charge in [-0.15, -0.1) is 11.6 Å². The fraction of sp³-hybridized carbons (Fsp3) is 0.900. The van der Waals surface area contributed by atoms with Gasteiger partial charge in [0, 0.05) is 25.4 Å². The molecule has 0 spiro atoms. The summed E-state index contributed by atoms with van der Waals surface area (Å²) in [5, 5.41) is 0. The molecule has 0 aliphatic carbocycles. The summed E-state index contributed by atoms with van der Waals surface area (Å²) in [7, 11) is 0. The number of piperidine rings is 1. The molecule has 82 valence electrons. The topological polar surface area (TPSA) is 20.3 Å². The molecule has 1 rings (SSSR count). The molecule has 1 fully saturated rings. The van der Waals surface area contributed by atoms with E-state index in [1.807, 2.05) is 6.92 Å². The SMILES string of the molecule is CC1(CF)CCN(C(=O)CCCl)CC1. The Morgan fingerprint density at radius 1 is 1.50 bits per heavy atom. The van der Waals surface area contributed by atoms with Crippen LogP contribution in [0.5, 0.6) is 0 Å². The van der Waals surface area contributed by atoms with Crippen LogP contribution in [0.15, 0.2) is 0 Å². The summed E-state index contributed by atoms with van der Waals surface area (Å²) in [6.07, 6.45) is 1.92. The van der Waals surface area contributed by atoms with Crippen molar-refractivity contribution in [2.75, 3.05) is 25.6 Å². The lowest BCUT2D eigenvalue weighted by Gasteiger charge is -2.37. The molecule has 0 radical (unpaired) electrons. The summed E-state index contributed by atoms with van der Waals surface area (Å²) in [6.45, 7) is 3.01. The maximum atomic E-state index is 12.6. The van der Waals surface area contributed by atoms with E-state index >= 15 is 0 Å². The van der Waals surface area contributed by atoms with Gasteiger partial charge in [0.15, 0.2) is 0 Å². The first-order chi connectivity index (χ1) is 6.61. The molecule has 2 nitrogen and oxygen atoms in total. The Labute approximate surface area is 89.4 Å². The van der Waals surface area contributed by atoms with E-state index in [4.69, 9.17) is 11.6 Å². The number of amides is 1. The third-order valence-electron chi connectivity index (χ3n) is 2.95. The number of likely N-dealkylation sites (tertiary alicyclic amines) is 1. The number of alkyl halides is 2. The van der Waals surface area contributed by atoms with Crippen LogP contribution in [-0.2, 0) is 4.79 Å². The number of carbonyl (C=O) groups is 1. The summed E-state index contributed by atoms with van der Waals surface area (Å²) >= 11 is 5.49.